The summed E-state index contributed by atoms with van der Waals surface area (Å²) in [5.74, 6) is -0.250. The van der Waals surface area contributed by atoms with Gasteiger partial charge in [0.2, 0.25) is 5.91 Å². The van der Waals surface area contributed by atoms with Crippen LogP contribution in [0.3, 0.4) is 0 Å². The standard InChI is InChI=1S/C15H14BrFN2OS/c16-12-7-11(1-2-13(12)17)18-8-15(20)19-5-3-14-10(9-19)4-6-21-14/h1-2,4,6-7,18H,3,5,8-9H2. The van der Waals surface area contributed by atoms with Crippen LogP contribution in [-0.2, 0) is 17.8 Å². The number of carbonyl (C=O) groups excluding carboxylic acids is 1. The predicted molar refractivity (Wildman–Crippen MR) is 86.0 cm³/mol. The van der Waals surface area contributed by atoms with Crippen molar-refractivity contribution in [3.8, 4) is 0 Å². The second-order valence-electron chi connectivity index (χ2n) is 4.92. The Morgan fingerprint density at radius 2 is 2.29 bits per heavy atom. The van der Waals surface area contributed by atoms with E-state index in [1.807, 2.05) is 4.90 Å². The van der Waals surface area contributed by atoms with Crippen LogP contribution in [0.4, 0.5) is 10.1 Å². The minimum atomic E-state index is -0.312. The fourth-order valence-electron chi connectivity index (χ4n) is 2.36. The van der Waals surface area contributed by atoms with Gasteiger partial charge in [0, 0.05) is 23.7 Å². The molecule has 1 aromatic carbocycles. The van der Waals surface area contributed by atoms with E-state index in [1.54, 1.807) is 23.5 Å². The molecule has 0 unspecified atom stereocenters. The van der Waals surface area contributed by atoms with E-state index in [1.165, 1.54) is 16.5 Å². The van der Waals surface area contributed by atoms with E-state index in [0.29, 0.717) is 11.0 Å². The van der Waals surface area contributed by atoms with Crippen LogP contribution in [0.25, 0.3) is 0 Å². The van der Waals surface area contributed by atoms with E-state index < -0.39 is 0 Å². The Balaban J connectivity index is 1.58. The number of halogens is 2. The van der Waals surface area contributed by atoms with E-state index in [-0.39, 0.29) is 18.3 Å². The number of carbonyl (C=O) groups is 1. The second-order valence-corrected chi connectivity index (χ2v) is 6.77. The summed E-state index contributed by atoms with van der Waals surface area (Å²) >= 11 is 4.89. The summed E-state index contributed by atoms with van der Waals surface area (Å²) in [5, 5.41) is 5.12. The number of anilines is 1. The first-order chi connectivity index (χ1) is 10.1. The van der Waals surface area contributed by atoms with E-state index in [9.17, 15) is 9.18 Å². The summed E-state index contributed by atoms with van der Waals surface area (Å²) in [5.41, 5.74) is 1.98. The van der Waals surface area contributed by atoms with Gasteiger partial charge in [-0.05, 0) is 57.6 Å². The number of hydrogen-bond acceptors (Lipinski definition) is 3. The lowest BCUT2D eigenvalue weighted by atomic mass is 10.1. The molecule has 0 fully saturated rings. The van der Waals surface area contributed by atoms with Crippen molar-refractivity contribution in [3.63, 3.8) is 0 Å². The lowest BCUT2D eigenvalue weighted by Crippen LogP contribution is -2.38. The van der Waals surface area contributed by atoms with Crippen LogP contribution in [0.15, 0.2) is 34.1 Å². The molecule has 0 saturated carbocycles. The Hall–Kier alpha value is -1.40. The quantitative estimate of drug-likeness (QED) is 0.896. The molecule has 1 amide bonds. The van der Waals surface area contributed by atoms with Gasteiger partial charge in [-0.2, -0.15) is 0 Å². The van der Waals surface area contributed by atoms with Crippen LogP contribution in [0.2, 0.25) is 0 Å². The average Bonchev–Trinajstić information content (AvgIpc) is 2.95. The molecule has 1 aromatic heterocycles. The molecule has 3 nitrogen and oxygen atoms in total. The summed E-state index contributed by atoms with van der Waals surface area (Å²) < 4.78 is 13.5. The highest BCUT2D eigenvalue weighted by molar-refractivity contribution is 9.10. The number of benzene rings is 1. The van der Waals surface area contributed by atoms with Crippen molar-refractivity contribution in [2.45, 2.75) is 13.0 Å². The predicted octanol–water partition coefficient (Wildman–Crippen LogP) is 3.65. The third-order valence-corrected chi connectivity index (χ3v) is 5.15. The lowest BCUT2D eigenvalue weighted by Gasteiger charge is -2.27. The van der Waals surface area contributed by atoms with E-state index >= 15 is 0 Å². The van der Waals surface area contributed by atoms with E-state index in [0.717, 1.165) is 18.7 Å². The first-order valence-corrected chi connectivity index (χ1v) is 8.32. The fraction of sp³-hybridized carbons (Fsp3) is 0.267. The van der Waals surface area contributed by atoms with Crippen LogP contribution in [0.5, 0.6) is 0 Å². The van der Waals surface area contributed by atoms with Crippen LogP contribution in [0.1, 0.15) is 10.4 Å². The van der Waals surface area contributed by atoms with E-state index in [4.69, 9.17) is 0 Å². The first kappa shape index (κ1) is 14.5. The van der Waals surface area contributed by atoms with Crippen molar-refractivity contribution in [2.75, 3.05) is 18.4 Å². The van der Waals surface area contributed by atoms with Gasteiger partial charge >= 0.3 is 0 Å². The Labute approximate surface area is 134 Å². The Kier molecular flexibility index (Phi) is 4.26. The molecule has 0 atom stereocenters. The van der Waals surface area contributed by atoms with Crippen molar-refractivity contribution >= 4 is 38.9 Å². The molecular weight excluding hydrogens is 355 g/mol. The Bertz CT molecular complexity index is 673. The molecule has 2 aromatic rings. The number of fused-ring (bicyclic) bond motifs is 1. The molecule has 110 valence electrons. The van der Waals surface area contributed by atoms with Gasteiger partial charge in [-0.1, -0.05) is 0 Å². The summed E-state index contributed by atoms with van der Waals surface area (Å²) in [6.07, 6.45) is 0.931. The number of nitrogens with one attached hydrogen (secondary N) is 1. The number of nitrogens with zero attached hydrogens (tertiary/aromatic N) is 1. The minimum absolute atomic E-state index is 0.0623. The molecule has 1 aliphatic rings. The average molecular weight is 369 g/mol. The number of thiophene rings is 1. The molecule has 0 bridgehead atoms. The molecule has 0 aliphatic carbocycles. The van der Waals surface area contributed by atoms with Crippen molar-refractivity contribution < 1.29 is 9.18 Å². The smallest absolute Gasteiger partial charge is 0.242 e. The van der Waals surface area contributed by atoms with Crippen molar-refractivity contribution in [1.29, 1.82) is 0 Å². The zero-order valence-corrected chi connectivity index (χ0v) is 13.6. The minimum Gasteiger partial charge on any atom is -0.376 e. The molecule has 1 aliphatic heterocycles. The van der Waals surface area contributed by atoms with Crippen LogP contribution < -0.4 is 5.32 Å². The Morgan fingerprint density at radius 1 is 1.43 bits per heavy atom. The third kappa shape index (κ3) is 3.27. The first-order valence-electron chi connectivity index (χ1n) is 6.65. The molecule has 1 N–H and O–H groups in total. The highest BCUT2D eigenvalue weighted by atomic mass is 79.9. The maximum absolute atomic E-state index is 13.1. The monoisotopic (exact) mass is 368 g/mol. The summed E-state index contributed by atoms with van der Waals surface area (Å²) in [7, 11) is 0. The molecule has 0 spiro atoms. The van der Waals surface area contributed by atoms with Crippen molar-refractivity contribution in [2.24, 2.45) is 0 Å². The number of rotatable bonds is 3. The van der Waals surface area contributed by atoms with Gasteiger partial charge in [-0.3, -0.25) is 4.79 Å². The lowest BCUT2D eigenvalue weighted by molar-refractivity contribution is -0.130. The van der Waals surface area contributed by atoms with Crippen LogP contribution >= 0.6 is 27.3 Å². The van der Waals surface area contributed by atoms with Crippen LogP contribution in [0, 0.1) is 5.82 Å². The molecule has 0 radical (unpaired) electrons. The number of amides is 1. The molecule has 0 saturated heterocycles. The fourth-order valence-corrected chi connectivity index (χ4v) is 3.63. The normalized spacial score (nSPS) is 13.9. The summed E-state index contributed by atoms with van der Waals surface area (Å²) in [6.45, 7) is 1.67. The van der Waals surface area contributed by atoms with Gasteiger partial charge in [-0.25, -0.2) is 4.39 Å². The molecular formula is C15H14BrFN2OS. The van der Waals surface area contributed by atoms with Gasteiger partial charge in [-0.15, -0.1) is 11.3 Å². The van der Waals surface area contributed by atoms with Gasteiger partial charge in [0.15, 0.2) is 0 Å². The van der Waals surface area contributed by atoms with Gasteiger partial charge in [0.1, 0.15) is 5.82 Å². The molecule has 6 heteroatoms. The Morgan fingerprint density at radius 3 is 3.10 bits per heavy atom. The van der Waals surface area contributed by atoms with Gasteiger partial charge in [0.25, 0.3) is 0 Å². The summed E-state index contributed by atoms with van der Waals surface area (Å²) in [4.78, 5) is 15.5. The largest absolute Gasteiger partial charge is 0.376 e. The molecule has 21 heavy (non-hydrogen) atoms. The topological polar surface area (TPSA) is 32.3 Å². The summed E-state index contributed by atoms with van der Waals surface area (Å²) in [6, 6.07) is 6.72. The molecule has 2 heterocycles. The maximum atomic E-state index is 13.1. The SMILES string of the molecule is O=C(CNc1ccc(F)c(Br)c1)N1CCc2sccc2C1. The molecule has 3 rings (SSSR count). The van der Waals surface area contributed by atoms with Gasteiger partial charge in [0.05, 0.1) is 11.0 Å². The second kappa shape index (κ2) is 6.15. The third-order valence-electron chi connectivity index (χ3n) is 3.52. The zero-order chi connectivity index (χ0) is 14.8. The highest BCUT2D eigenvalue weighted by Gasteiger charge is 2.21. The van der Waals surface area contributed by atoms with E-state index in [2.05, 4.69) is 32.7 Å². The van der Waals surface area contributed by atoms with Crippen LogP contribution in [-0.4, -0.2) is 23.9 Å². The van der Waals surface area contributed by atoms with Crippen molar-refractivity contribution in [3.05, 3.63) is 50.4 Å². The van der Waals surface area contributed by atoms with Gasteiger partial charge < -0.3 is 10.2 Å². The number of hydrogen-bond donors (Lipinski definition) is 1. The zero-order valence-electron chi connectivity index (χ0n) is 11.2. The highest BCUT2D eigenvalue weighted by Crippen LogP contribution is 2.24. The van der Waals surface area contributed by atoms with Crippen molar-refractivity contribution in [1.82, 2.24) is 4.90 Å². The maximum Gasteiger partial charge on any atom is 0.242 e.